The first kappa shape index (κ1) is 12.2. The van der Waals surface area contributed by atoms with Gasteiger partial charge >= 0.3 is 5.97 Å². The topological polar surface area (TPSA) is 72.6 Å². The molecule has 2 rings (SSSR count). The minimum Gasteiger partial charge on any atom is -0.484 e. The number of rotatable bonds is 5. The van der Waals surface area contributed by atoms with Gasteiger partial charge in [0.2, 0.25) is 5.89 Å². The molecule has 18 heavy (non-hydrogen) atoms. The number of aryl methyl sites for hydroxylation is 1. The summed E-state index contributed by atoms with van der Waals surface area (Å²) in [4.78, 5) is 14.5. The van der Waals surface area contributed by atoms with Crippen LogP contribution in [-0.2, 0) is 17.8 Å². The molecule has 5 heteroatoms. The highest BCUT2D eigenvalue weighted by atomic mass is 16.5. The Morgan fingerprint density at radius 1 is 1.50 bits per heavy atom. The number of oxazole rings is 1. The van der Waals surface area contributed by atoms with Gasteiger partial charge in [0.1, 0.15) is 12.0 Å². The van der Waals surface area contributed by atoms with E-state index in [1.165, 1.54) is 6.26 Å². The van der Waals surface area contributed by atoms with Crippen LogP contribution < -0.4 is 4.74 Å². The van der Waals surface area contributed by atoms with Crippen LogP contribution >= 0.6 is 0 Å². The highest BCUT2D eigenvalue weighted by molar-refractivity contribution is 5.69. The summed E-state index contributed by atoms with van der Waals surface area (Å²) in [5.74, 6) is 0.162. The van der Waals surface area contributed by atoms with E-state index < -0.39 is 5.97 Å². The number of benzene rings is 1. The second kappa shape index (κ2) is 5.35. The van der Waals surface area contributed by atoms with Gasteiger partial charge in [-0.15, -0.1) is 0 Å². The molecule has 5 nitrogen and oxygen atoms in total. The molecule has 0 fully saturated rings. The zero-order chi connectivity index (χ0) is 13.0. The first-order valence-corrected chi connectivity index (χ1v) is 5.48. The molecule has 1 aromatic heterocycles. The first-order chi connectivity index (χ1) is 8.63. The van der Waals surface area contributed by atoms with E-state index in [4.69, 9.17) is 14.3 Å². The van der Waals surface area contributed by atoms with Crippen LogP contribution in [0.2, 0.25) is 0 Å². The normalized spacial score (nSPS) is 10.3. The molecule has 0 bridgehead atoms. The van der Waals surface area contributed by atoms with Crippen LogP contribution in [0.5, 0.6) is 5.75 Å². The number of carboxylic acid groups (broad SMARTS) is 1. The molecule has 0 radical (unpaired) electrons. The first-order valence-electron chi connectivity index (χ1n) is 5.48. The lowest BCUT2D eigenvalue weighted by Gasteiger charge is -2.03. The molecular weight excluding hydrogens is 234 g/mol. The molecule has 0 aliphatic carbocycles. The van der Waals surface area contributed by atoms with Crippen molar-refractivity contribution in [2.24, 2.45) is 0 Å². The molecule has 0 saturated heterocycles. The molecule has 0 amide bonds. The summed E-state index contributed by atoms with van der Waals surface area (Å²) in [6, 6.07) is 7.62. The van der Waals surface area contributed by atoms with Crippen molar-refractivity contribution in [1.29, 1.82) is 0 Å². The monoisotopic (exact) mass is 247 g/mol. The lowest BCUT2D eigenvalue weighted by molar-refractivity contribution is -0.136. The van der Waals surface area contributed by atoms with E-state index >= 15 is 0 Å². The fraction of sp³-hybridized carbons (Fsp3) is 0.231. The van der Waals surface area contributed by atoms with Gasteiger partial charge in [-0.25, -0.2) is 4.98 Å². The number of hydrogen-bond acceptors (Lipinski definition) is 4. The van der Waals surface area contributed by atoms with Gasteiger partial charge in [-0.1, -0.05) is 12.1 Å². The quantitative estimate of drug-likeness (QED) is 0.876. The highest BCUT2D eigenvalue weighted by Gasteiger charge is 2.08. The summed E-state index contributed by atoms with van der Waals surface area (Å²) in [6.45, 7) is 2.16. The maximum absolute atomic E-state index is 10.5. The number of ether oxygens (including phenoxy) is 1. The van der Waals surface area contributed by atoms with Gasteiger partial charge in [0.25, 0.3) is 0 Å². The zero-order valence-corrected chi connectivity index (χ0v) is 9.92. The average Bonchev–Trinajstić information content (AvgIpc) is 2.73. The number of hydrogen-bond donors (Lipinski definition) is 1. The van der Waals surface area contributed by atoms with Crippen LogP contribution in [0.3, 0.4) is 0 Å². The Hall–Kier alpha value is -2.30. The van der Waals surface area contributed by atoms with Crippen molar-refractivity contribution in [2.45, 2.75) is 20.0 Å². The maximum atomic E-state index is 10.5. The van der Waals surface area contributed by atoms with Gasteiger partial charge in [-0.2, -0.15) is 0 Å². The van der Waals surface area contributed by atoms with Gasteiger partial charge in [-0.3, -0.25) is 4.79 Å². The van der Waals surface area contributed by atoms with Crippen molar-refractivity contribution in [3.63, 3.8) is 0 Å². The molecule has 2 aromatic rings. The molecule has 1 N–H and O–H groups in total. The Bertz CT molecular complexity index is 547. The van der Waals surface area contributed by atoms with Crippen molar-refractivity contribution in [3.8, 4) is 5.75 Å². The molecule has 0 aliphatic heterocycles. The fourth-order valence-electron chi connectivity index (χ4n) is 1.50. The second-order valence-electron chi connectivity index (χ2n) is 3.91. The minimum absolute atomic E-state index is 0.145. The largest absolute Gasteiger partial charge is 0.484 e. The summed E-state index contributed by atoms with van der Waals surface area (Å²) in [6.07, 6.45) is 1.19. The minimum atomic E-state index is -0.936. The van der Waals surface area contributed by atoms with Crippen molar-refractivity contribution in [1.82, 2.24) is 4.98 Å². The molecule has 0 aliphatic rings. The zero-order valence-electron chi connectivity index (χ0n) is 9.92. The molecule has 0 spiro atoms. The third kappa shape index (κ3) is 3.35. The Labute approximate surface area is 104 Å². The van der Waals surface area contributed by atoms with Gasteiger partial charge in [0.15, 0.2) is 6.61 Å². The van der Waals surface area contributed by atoms with Crippen LogP contribution in [0.1, 0.15) is 17.1 Å². The summed E-state index contributed by atoms with van der Waals surface area (Å²) in [5.41, 5.74) is 1.50. The third-order valence-electron chi connectivity index (χ3n) is 2.28. The summed E-state index contributed by atoms with van der Waals surface area (Å²) < 4.78 is 10.6. The number of aromatic nitrogens is 1. The number of carbonyl (C=O) groups is 1. The standard InChI is InChI=1S/C13H13NO4/c1-9-3-2-4-11(5-9)17-8-12-14-10(7-18-12)6-13(15)16/h2-5,7H,6,8H2,1H3,(H,15,16). The average molecular weight is 247 g/mol. The maximum Gasteiger partial charge on any atom is 0.309 e. The Morgan fingerprint density at radius 3 is 3.06 bits per heavy atom. The smallest absolute Gasteiger partial charge is 0.309 e. The molecular formula is C13H13NO4. The van der Waals surface area contributed by atoms with Crippen molar-refractivity contribution < 1.29 is 19.1 Å². The predicted molar refractivity (Wildman–Crippen MR) is 63.4 cm³/mol. The number of nitrogens with zero attached hydrogens (tertiary/aromatic N) is 1. The summed E-state index contributed by atoms with van der Waals surface area (Å²) in [5, 5.41) is 8.60. The van der Waals surface area contributed by atoms with Gasteiger partial charge in [0, 0.05) is 0 Å². The van der Waals surface area contributed by atoms with Gasteiger partial charge in [-0.05, 0) is 24.6 Å². The molecule has 0 atom stereocenters. The molecule has 0 unspecified atom stereocenters. The Morgan fingerprint density at radius 2 is 2.33 bits per heavy atom. The van der Waals surface area contributed by atoms with Gasteiger partial charge < -0.3 is 14.3 Å². The Balaban J connectivity index is 1.94. The van der Waals surface area contributed by atoms with E-state index in [1.54, 1.807) is 0 Å². The fourth-order valence-corrected chi connectivity index (χ4v) is 1.50. The predicted octanol–water partition coefficient (Wildman–Crippen LogP) is 2.19. The summed E-state index contributed by atoms with van der Waals surface area (Å²) in [7, 11) is 0. The van der Waals surface area contributed by atoms with E-state index in [2.05, 4.69) is 4.98 Å². The molecule has 94 valence electrons. The van der Waals surface area contributed by atoms with Crippen LogP contribution in [0.25, 0.3) is 0 Å². The number of carboxylic acids is 1. The van der Waals surface area contributed by atoms with Crippen LogP contribution in [0, 0.1) is 6.92 Å². The van der Waals surface area contributed by atoms with Crippen LogP contribution in [0.15, 0.2) is 34.9 Å². The molecule has 1 aromatic carbocycles. The van der Waals surface area contributed by atoms with Crippen molar-refractivity contribution in [3.05, 3.63) is 47.7 Å². The van der Waals surface area contributed by atoms with E-state index in [0.29, 0.717) is 11.6 Å². The Kier molecular flexibility index (Phi) is 3.62. The highest BCUT2D eigenvalue weighted by Crippen LogP contribution is 2.14. The van der Waals surface area contributed by atoms with Crippen molar-refractivity contribution >= 4 is 5.97 Å². The number of aliphatic carboxylic acids is 1. The van der Waals surface area contributed by atoms with E-state index in [-0.39, 0.29) is 13.0 Å². The van der Waals surface area contributed by atoms with E-state index in [0.717, 1.165) is 11.3 Å². The van der Waals surface area contributed by atoms with E-state index in [9.17, 15) is 4.79 Å². The molecule has 1 heterocycles. The lowest BCUT2D eigenvalue weighted by Crippen LogP contribution is -2.01. The molecule has 0 saturated carbocycles. The van der Waals surface area contributed by atoms with Crippen LogP contribution in [-0.4, -0.2) is 16.1 Å². The summed E-state index contributed by atoms with van der Waals surface area (Å²) >= 11 is 0. The van der Waals surface area contributed by atoms with E-state index in [1.807, 2.05) is 31.2 Å². The second-order valence-corrected chi connectivity index (χ2v) is 3.91. The van der Waals surface area contributed by atoms with Gasteiger partial charge in [0.05, 0.1) is 12.1 Å². The third-order valence-corrected chi connectivity index (χ3v) is 2.28. The SMILES string of the molecule is Cc1cccc(OCc2nc(CC(=O)O)co2)c1. The van der Waals surface area contributed by atoms with Crippen LogP contribution in [0.4, 0.5) is 0 Å². The van der Waals surface area contributed by atoms with Crippen molar-refractivity contribution in [2.75, 3.05) is 0 Å². The lowest BCUT2D eigenvalue weighted by atomic mass is 10.2.